The summed E-state index contributed by atoms with van der Waals surface area (Å²) in [6.07, 6.45) is 1.04. The number of hydrogen-bond acceptors (Lipinski definition) is 2. The van der Waals surface area contributed by atoms with Crippen LogP contribution in [0.25, 0.3) is 0 Å². The first-order valence-electron chi connectivity index (χ1n) is 4.53. The van der Waals surface area contributed by atoms with Gasteiger partial charge in [0.2, 0.25) is 5.91 Å². The molecule has 12 heavy (non-hydrogen) atoms. The van der Waals surface area contributed by atoms with Gasteiger partial charge in [-0.2, -0.15) is 0 Å². The molecule has 1 amide bonds. The molecule has 0 aliphatic rings. The van der Waals surface area contributed by atoms with Crippen LogP contribution in [0.3, 0.4) is 0 Å². The number of rotatable bonds is 5. The zero-order valence-corrected chi connectivity index (χ0v) is 8.48. The van der Waals surface area contributed by atoms with Crippen molar-refractivity contribution in [3.63, 3.8) is 0 Å². The first kappa shape index (κ1) is 11.4. The van der Waals surface area contributed by atoms with Crippen LogP contribution in [0, 0.1) is 5.92 Å². The normalized spacial score (nSPS) is 13.1. The summed E-state index contributed by atoms with van der Waals surface area (Å²) in [7, 11) is 1.78. The van der Waals surface area contributed by atoms with E-state index in [0.717, 1.165) is 13.0 Å². The standard InChI is InChI=1S/C9H20N2O/c1-7(2)5-6-11-9(12)8(3)10-4/h7-8,10H,5-6H2,1-4H3,(H,11,12)/t8-/m0/s1. The molecule has 1 atom stereocenters. The lowest BCUT2D eigenvalue weighted by molar-refractivity contribution is -0.122. The van der Waals surface area contributed by atoms with Gasteiger partial charge in [0.05, 0.1) is 6.04 Å². The Morgan fingerprint density at radius 3 is 2.33 bits per heavy atom. The molecule has 0 aliphatic heterocycles. The molecular formula is C9H20N2O. The van der Waals surface area contributed by atoms with Crippen LogP contribution in [-0.4, -0.2) is 25.5 Å². The van der Waals surface area contributed by atoms with Crippen molar-refractivity contribution in [3.8, 4) is 0 Å². The minimum atomic E-state index is -0.0860. The first-order valence-corrected chi connectivity index (χ1v) is 4.53. The Kier molecular flexibility index (Phi) is 5.72. The van der Waals surface area contributed by atoms with Gasteiger partial charge in [0.25, 0.3) is 0 Å². The molecule has 0 radical (unpaired) electrons. The Balaban J connectivity index is 3.44. The third-order valence-electron chi connectivity index (χ3n) is 1.85. The molecule has 3 heteroatoms. The average Bonchev–Trinajstić information content (AvgIpc) is 2.02. The van der Waals surface area contributed by atoms with Crippen molar-refractivity contribution in [2.24, 2.45) is 5.92 Å². The summed E-state index contributed by atoms with van der Waals surface area (Å²) < 4.78 is 0. The lowest BCUT2D eigenvalue weighted by Gasteiger charge is -2.11. The molecule has 0 fully saturated rings. The molecule has 0 bridgehead atoms. The van der Waals surface area contributed by atoms with Crippen LogP contribution in [0.5, 0.6) is 0 Å². The summed E-state index contributed by atoms with van der Waals surface area (Å²) in [6, 6.07) is -0.0860. The van der Waals surface area contributed by atoms with Crippen molar-refractivity contribution < 1.29 is 4.79 Å². The molecule has 72 valence electrons. The molecule has 0 aromatic heterocycles. The molecule has 0 saturated carbocycles. The fourth-order valence-corrected chi connectivity index (χ4v) is 0.768. The van der Waals surface area contributed by atoms with Crippen LogP contribution in [0.2, 0.25) is 0 Å². The highest BCUT2D eigenvalue weighted by atomic mass is 16.2. The van der Waals surface area contributed by atoms with Crippen LogP contribution >= 0.6 is 0 Å². The van der Waals surface area contributed by atoms with Gasteiger partial charge in [0.1, 0.15) is 0 Å². The van der Waals surface area contributed by atoms with Gasteiger partial charge in [-0.25, -0.2) is 0 Å². The van der Waals surface area contributed by atoms with Gasteiger partial charge in [-0.3, -0.25) is 4.79 Å². The highest BCUT2D eigenvalue weighted by Gasteiger charge is 2.08. The molecule has 0 rings (SSSR count). The number of carbonyl (C=O) groups excluding carboxylic acids is 1. The lowest BCUT2D eigenvalue weighted by Crippen LogP contribution is -2.40. The van der Waals surface area contributed by atoms with Crippen LogP contribution < -0.4 is 10.6 Å². The van der Waals surface area contributed by atoms with E-state index in [9.17, 15) is 4.79 Å². The zero-order valence-electron chi connectivity index (χ0n) is 8.48. The van der Waals surface area contributed by atoms with Gasteiger partial charge in [0, 0.05) is 6.54 Å². The van der Waals surface area contributed by atoms with E-state index >= 15 is 0 Å². The molecule has 0 spiro atoms. The van der Waals surface area contributed by atoms with Gasteiger partial charge in [-0.1, -0.05) is 13.8 Å². The predicted molar refractivity (Wildman–Crippen MR) is 51.0 cm³/mol. The second-order valence-corrected chi connectivity index (χ2v) is 3.48. The molecule has 0 aromatic carbocycles. The van der Waals surface area contributed by atoms with Crippen molar-refractivity contribution >= 4 is 5.91 Å². The Morgan fingerprint density at radius 2 is 1.92 bits per heavy atom. The minimum Gasteiger partial charge on any atom is -0.355 e. The van der Waals surface area contributed by atoms with E-state index in [4.69, 9.17) is 0 Å². The Hall–Kier alpha value is -0.570. The van der Waals surface area contributed by atoms with Gasteiger partial charge >= 0.3 is 0 Å². The van der Waals surface area contributed by atoms with Crippen molar-refractivity contribution in [3.05, 3.63) is 0 Å². The van der Waals surface area contributed by atoms with Crippen LogP contribution in [-0.2, 0) is 4.79 Å². The third-order valence-corrected chi connectivity index (χ3v) is 1.85. The van der Waals surface area contributed by atoms with E-state index in [1.54, 1.807) is 7.05 Å². The van der Waals surface area contributed by atoms with Crippen LogP contribution in [0.15, 0.2) is 0 Å². The number of amides is 1. The zero-order chi connectivity index (χ0) is 9.56. The largest absolute Gasteiger partial charge is 0.355 e. The topological polar surface area (TPSA) is 41.1 Å². The predicted octanol–water partition coefficient (Wildman–Crippen LogP) is 0.757. The van der Waals surface area contributed by atoms with Crippen LogP contribution in [0.4, 0.5) is 0 Å². The van der Waals surface area contributed by atoms with Crippen LogP contribution in [0.1, 0.15) is 27.2 Å². The van der Waals surface area contributed by atoms with Gasteiger partial charge < -0.3 is 10.6 Å². The lowest BCUT2D eigenvalue weighted by atomic mass is 10.1. The molecular weight excluding hydrogens is 152 g/mol. The summed E-state index contributed by atoms with van der Waals surface area (Å²) in [5.74, 6) is 0.730. The summed E-state index contributed by atoms with van der Waals surface area (Å²) >= 11 is 0. The van der Waals surface area contributed by atoms with Crippen molar-refractivity contribution in [1.82, 2.24) is 10.6 Å². The van der Waals surface area contributed by atoms with Gasteiger partial charge in [0.15, 0.2) is 0 Å². The SMILES string of the molecule is CN[C@@H](C)C(=O)NCCC(C)C. The molecule has 0 saturated heterocycles. The number of likely N-dealkylation sites (N-methyl/N-ethyl adjacent to an activating group) is 1. The summed E-state index contributed by atoms with van der Waals surface area (Å²) in [5, 5.41) is 5.75. The van der Waals surface area contributed by atoms with E-state index in [1.807, 2.05) is 6.92 Å². The highest BCUT2D eigenvalue weighted by molar-refractivity contribution is 5.81. The van der Waals surface area contributed by atoms with Gasteiger partial charge in [-0.05, 0) is 26.3 Å². The van der Waals surface area contributed by atoms with Crippen molar-refractivity contribution in [2.45, 2.75) is 33.2 Å². The first-order chi connectivity index (χ1) is 5.57. The molecule has 3 nitrogen and oxygen atoms in total. The molecule has 0 unspecified atom stereocenters. The summed E-state index contributed by atoms with van der Waals surface area (Å²) in [4.78, 5) is 11.2. The van der Waals surface area contributed by atoms with E-state index in [0.29, 0.717) is 5.92 Å². The second kappa shape index (κ2) is 6.00. The number of nitrogens with one attached hydrogen (secondary N) is 2. The van der Waals surface area contributed by atoms with E-state index in [1.165, 1.54) is 0 Å². The monoisotopic (exact) mass is 172 g/mol. The minimum absolute atomic E-state index is 0.0816. The fourth-order valence-electron chi connectivity index (χ4n) is 0.768. The smallest absolute Gasteiger partial charge is 0.236 e. The van der Waals surface area contributed by atoms with Crippen molar-refractivity contribution in [2.75, 3.05) is 13.6 Å². The Morgan fingerprint density at radius 1 is 1.33 bits per heavy atom. The maximum atomic E-state index is 11.2. The van der Waals surface area contributed by atoms with E-state index in [-0.39, 0.29) is 11.9 Å². The molecule has 0 heterocycles. The second-order valence-electron chi connectivity index (χ2n) is 3.48. The van der Waals surface area contributed by atoms with Crippen molar-refractivity contribution in [1.29, 1.82) is 0 Å². The fraction of sp³-hybridized carbons (Fsp3) is 0.889. The third kappa shape index (κ3) is 5.13. The van der Waals surface area contributed by atoms with Gasteiger partial charge in [-0.15, -0.1) is 0 Å². The van der Waals surface area contributed by atoms with E-state index < -0.39 is 0 Å². The quantitative estimate of drug-likeness (QED) is 0.642. The highest BCUT2D eigenvalue weighted by Crippen LogP contribution is 1.96. The summed E-state index contributed by atoms with van der Waals surface area (Å²) in [5.41, 5.74) is 0. The Labute approximate surface area is 74.9 Å². The van der Waals surface area contributed by atoms with E-state index in [2.05, 4.69) is 24.5 Å². The average molecular weight is 172 g/mol. The number of hydrogen-bond donors (Lipinski definition) is 2. The summed E-state index contributed by atoms with van der Waals surface area (Å²) in [6.45, 7) is 6.93. The molecule has 0 aromatic rings. The Bertz CT molecular complexity index is 134. The molecule has 0 aliphatic carbocycles. The molecule has 2 N–H and O–H groups in total. The maximum Gasteiger partial charge on any atom is 0.236 e. The maximum absolute atomic E-state index is 11.2. The number of carbonyl (C=O) groups is 1.